The van der Waals surface area contributed by atoms with Crippen molar-refractivity contribution in [1.29, 1.82) is 0 Å². The highest BCUT2D eigenvalue weighted by Crippen LogP contribution is 2.33. The quantitative estimate of drug-likeness (QED) is 0.257. The fourth-order valence-electron chi connectivity index (χ4n) is 2.99. The van der Waals surface area contributed by atoms with Crippen molar-refractivity contribution in [2.24, 2.45) is 10.9 Å². The van der Waals surface area contributed by atoms with Gasteiger partial charge < -0.3 is 16.0 Å². The summed E-state index contributed by atoms with van der Waals surface area (Å²) in [5, 5.41) is 12.1. The molecule has 0 aliphatic carbocycles. The van der Waals surface area contributed by atoms with Crippen molar-refractivity contribution in [3.63, 3.8) is 0 Å². The Hall–Kier alpha value is -2.37. The summed E-state index contributed by atoms with van der Waals surface area (Å²) in [6.45, 7) is 3.96. The molecule has 1 aromatic rings. The van der Waals surface area contributed by atoms with Crippen LogP contribution in [0.15, 0.2) is 16.0 Å². The van der Waals surface area contributed by atoms with Gasteiger partial charge in [-0.2, -0.15) is 0 Å². The Labute approximate surface area is 171 Å². The highest BCUT2D eigenvalue weighted by Gasteiger charge is 2.37. The number of nitrogens with one attached hydrogen (secondary N) is 2. The molecule has 0 fully saturated rings. The van der Waals surface area contributed by atoms with Crippen LogP contribution < -0.4 is 21.5 Å². The van der Waals surface area contributed by atoms with Crippen LogP contribution in [0.2, 0.25) is 0 Å². The van der Waals surface area contributed by atoms with E-state index >= 15 is 0 Å². The first-order chi connectivity index (χ1) is 13.3. The number of allylic oxidation sites excluding steroid dienone is 1. The number of nitrogens with two attached hydrogens (primary N) is 2. The number of amides is 4. The summed E-state index contributed by atoms with van der Waals surface area (Å²) in [7, 11) is 0. The van der Waals surface area contributed by atoms with Crippen LogP contribution in [0.1, 0.15) is 47.5 Å². The van der Waals surface area contributed by atoms with Gasteiger partial charge in [-0.15, -0.1) is 11.3 Å². The second-order valence-electron chi connectivity index (χ2n) is 6.23. The zero-order valence-electron chi connectivity index (χ0n) is 15.6. The largest absolute Gasteiger partial charge is 0.401 e. The fourth-order valence-corrected chi connectivity index (χ4v) is 4.34. The molecule has 0 saturated carbocycles. The first-order valence-electron chi connectivity index (χ1n) is 8.61. The van der Waals surface area contributed by atoms with Crippen molar-refractivity contribution in [1.82, 2.24) is 15.5 Å². The van der Waals surface area contributed by atoms with E-state index in [0.29, 0.717) is 30.5 Å². The van der Waals surface area contributed by atoms with Crippen LogP contribution >= 0.6 is 23.3 Å². The second kappa shape index (κ2) is 9.71. The maximum absolute atomic E-state index is 12.8. The van der Waals surface area contributed by atoms with Crippen LogP contribution in [0.4, 0.5) is 0 Å². The number of carbonyl (C=O) groups is 4. The molecule has 2 heterocycles. The number of thiophene rings is 1. The normalized spacial score (nSPS) is 15.0. The Morgan fingerprint density at radius 1 is 1.46 bits per heavy atom. The van der Waals surface area contributed by atoms with Gasteiger partial charge in [0.1, 0.15) is 10.9 Å². The van der Waals surface area contributed by atoms with Crippen molar-refractivity contribution in [2.45, 2.75) is 45.8 Å². The number of hydrogen-bond acceptors (Lipinski definition) is 8. The van der Waals surface area contributed by atoms with E-state index in [1.807, 2.05) is 6.92 Å². The molecule has 0 saturated heterocycles. The lowest BCUT2D eigenvalue weighted by Gasteiger charge is -2.26. The van der Waals surface area contributed by atoms with Gasteiger partial charge in [0, 0.05) is 22.5 Å². The summed E-state index contributed by atoms with van der Waals surface area (Å²) in [6.07, 6.45) is 1.45. The minimum absolute atomic E-state index is 0.219. The number of hydrogen-bond donors (Lipinski definition) is 4. The maximum Gasteiger partial charge on any atom is 0.261 e. The van der Waals surface area contributed by atoms with E-state index in [0.717, 1.165) is 22.4 Å². The zero-order chi connectivity index (χ0) is 20.8. The molecule has 0 bridgehead atoms. The van der Waals surface area contributed by atoms with Gasteiger partial charge in [-0.05, 0) is 30.9 Å². The molecule has 1 aromatic heterocycles. The van der Waals surface area contributed by atoms with Crippen molar-refractivity contribution in [3.8, 4) is 0 Å². The first-order valence-corrected chi connectivity index (χ1v) is 10.4. The molecule has 2 rings (SSSR count). The molecular formula is C17H23N5O4S2. The Balaban J connectivity index is 2.15. The molecule has 6 N–H and O–H groups in total. The Morgan fingerprint density at radius 3 is 2.75 bits per heavy atom. The maximum atomic E-state index is 12.8. The number of imide groups is 1. The molecule has 1 atom stereocenters. The van der Waals surface area contributed by atoms with Crippen LogP contribution in [0.3, 0.4) is 0 Å². The van der Waals surface area contributed by atoms with Gasteiger partial charge in [0.15, 0.2) is 0 Å². The zero-order valence-corrected chi connectivity index (χ0v) is 17.2. The third-order valence-electron chi connectivity index (χ3n) is 4.33. The lowest BCUT2D eigenvalue weighted by molar-refractivity contribution is -0.129. The molecule has 4 amide bonds. The molecule has 0 aromatic carbocycles. The summed E-state index contributed by atoms with van der Waals surface area (Å²) in [5.41, 5.74) is 7.27. The summed E-state index contributed by atoms with van der Waals surface area (Å²) < 4.78 is 0. The van der Waals surface area contributed by atoms with E-state index in [4.69, 9.17) is 10.9 Å². The van der Waals surface area contributed by atoms with Gasteiger partial charge >= 0.3 is 0 Å². The summed E-state index contributed by atoms with van der Waals surface area (Å²) in [5.74, 6) is -1.13. The van der Waals surface area contributed by atoms with E-state index in [1.165, 1.54) is 16.2 Å². The van der Waals surface area contributed by atoms with Crippen LogP contribution in [0, 0.1) is 0 Å². The van der Waals surface area contributed by atoms with Gasteiger partial charge in [-0.3, -0.25) is 29.6 Å². The number of fused-ring (bicyclic) bond motifs is 1. The minimum atomic E-state index is -0.717. The number of carbonyl (C=O) groups excluding carboxylic acids is 4. The molecule has 1 aliphatic rings. The van der Waals surface area contributed by atoms with Crippen molar-refractivity contribution < 1.29 is 19.2 Å². The van der Waals surface area contributed by atoms with Crippen LogP contribution in [0.5, 0.6) is 0 Å². The minimum Gasteiger partial charge on any atom is -0.401 e. The van der Waals surface area contributed by atoms with Gasteiger partial charge in [-0.1, -0.05) is 13.3 Å². The highest BCUT2D eigenvalue weighted by atomic mass is 32.2. The van der Waals surface area contributed by atoms with Crippen molar-refractivity contribution >= 4 is 47.4 Å². The molecule has 1 aliphatic heterocycles. The first kappa shape index (κ1) is 21.9. The van der Waals surface area contributed by atoms with E-state index in [-0.39, 0.29) is 29.8 Å². The number of rotatable bonds is 9. The monoisotopic (exact) mass is 425 g/mol. The molecule has 28 heavy (non-hydrogen) atoms. The third-order valence-corrected chi connectivity index (χ3v) is 6.11. The Bertz CT molecular complexity index is 816. The van der Waals surface area contributed by atoms with E-state index in [2.05, 4.69) is 10.6 Å². The average Bonchev–Trinajstić information content (AvgIpc) is 3.18. The molecular weight excluding hydrogens is 402 g/mol. The van der Waals surface area contributed by atoms with Crippen LogP contribution in [-0.2, 0) is 27.5 Å². The van der Waals surface area contributed by atoms with E-state index < -0.39 is 11.9 Å². The lowest BCUT2D eigenvalue weighted by atomic mass is 10.1. The summed E-state index contributed by atoms with van der Waals surface area (Å²) >= 11 is 2.14. The second-order valence-corrected chi connectivity index (χ2v) is 7.84. The predicted octanol–water partition coefficient (Wildman–Crippen LogP) is 0.559. The molecule has 1 unspecified atom stereocenters. The standard InChI is InChI=1S/C17H23N5O4S2/c1-3-4-12(15(24)21-8-23)22-6-10-11(17(22)26)7-27-13(10)5-20-16(25)14(28-19)9(2)18/h7-8,12H,3-6,18-19H2,1-2H3,(H,20,25)(H,21,23,24)/b14-9-. The lowest BCUT2D eigenvalue weighted by Crippen LogP contribution is -2.46. The Kier molecular flexibility index (Phi) is 7.61. The molecule has 152 valence electrons. The van der Waals surface area contributed by atoms with Gasteiger partial charge in [-0.25, -0.2) is 0 Å². The van der Waals surface area contributed by atoms with Gasteiger partial charge in [0.05, 0.1) is 12.1 Å². The van der Waals surface area contributed by atoms with E-state index in [9.17, 15) is 19.2 Å². The smallest absolute Gasteiger partial charge is 0.261 e. The topological polar surface area (TPSA) is 148 Å². The molecule has 11 heteroatoms. The van der Waals surface area contributed by atoms with Gasteiger partial charge in [0.25, 0.3) is 11.8 Å². The summed E-state index contributed by atoms with van der Waals surface area (Å²) in [4.78, 5) is 50.3. The highest BCUT2D eigenvalue weighted by molar-refractivity contribution is 8.01. The average molecular weight is 426 g/mol. The Morgan fingerprint density at radius 2 is 2.18 bits per heavy atom. The summed E-state index contributed by atoms with van der Waals surface area (Å²) in [6, 6.07) is -0.717. The van der Waals surface area contributed by atoms with Crippen molar-refractivity contribution in [3.05, 3.63) is 32.0 Å². The fraction of sp³-hybridized carbons (Fsp3) is 0.412. The van der Waals surface area contributed by atoms with Crippen molar-refractivity contribution in [2.75, 3.05) is 0 Å². The van der Waals surface area contributed by atoms with Crippen LogP contribution in [0.25, 0.3) is 0 Å². The molecule has 0 radical (unpaired) electrons. The third kappa shape index (κ3) is 4.54. The van der Waals surface area contributed by atoms with E-state index in [1.54, 1.807) is 12.3 Å². The molecule has 9 nitrogen and oxygen atoms in total. The predicted molar refractivity (Wildman–Crippen MR) is 108 cm³/mol. The number of nitrogens with zero attached hydrogens (tertiary/aromatic N) is 1. The van der Waals surface area contributed by atoms with Gasteiger partial charge in [0.2, 0.25) is 12.3 Å². The SMILES string of the molecule is CCCC(C(=O)NC=O)N1Cc2c(csc2CNC(=O)/C(SN)=C(\C)N)C1=O. The molecule has 0 spiro atoms. The van der Waals surface area contributed by atoms with Crippen LogP contribution in [-0.4, -0.2) is 35.1 Å².